The quantitative estimate of drug-likeness (QED) is 0.475. The molecule has 1 N–H and O–H groups in total. The summed E-state index contributed by atoms with van der Waals surface area (Å²) in [4.78, 5) is 10.3. The van der Waals surface area contributed by atoms with E-state index in [1.165, 1.54) is 18.2 Å². The number of hydrogen-bond acceptors (Lipinski definition) is 5. The molecular formula is C13H16ClN3O3. The topological polar surface area (TPSA) is 88.2 Å². The number of nitro benzene ring substituents is 1. The van der Waals surface area contributed by atoms with Crippen molar-refractivity contribution in [2.24, 2.45) is 0 Å². The molecule has 20 heavy (non-hydrogen) atoms. The number of rotatable bonds is 7. The van der Waals surface area contributed by atoms with Gasteiger partial charge in [0, 0.05) is 6.07 Å². The molecule has 0 amide bonds. The van der Waals surface area contributed by atoms with Crippen molar-refractivity contribution in [3.8, 4) is 11.8 Å². The van der Waals surface area contributed by atoms with E-state index in [4.69, 9.17) is 21.6 Å². The van der Waals surface area contributed by atoms with E-state index >= 15 is 0 Å². The Labute approximate surface area is 122 Å². The average molecular weight is 298 g/mol. The van der Waals surface area contributed by atoms with Crippen LogP contribution >= 0.6 is 11.6 Å². The molecule has 0 aliphatic heterocycles. The summed E-state index contributed by atoms with van der Waals surface area (Å²) in [5, 5.41) is 23.0. The first kappa shape index (κ1) is 16.2. The van der Waals surface area contributed by atoms with Gasteiger partial charge in [-0.15, -0.1) is 0 Å². The van der Waals surface area contributed by atoms with E-state index in [1.54, 1.807) is 14.0 Å². The fraction of sp³-hybridized carbons (Fsp3) is 0.462. The Bertz CT molecular complexity index is 530. The normalized spacial score (nSPS) is 13.3. The summed E-state index contributed by atoms with van der Waals surface area (Å²) < 4.78 is 5.40. The Morgan fingerprint density at radius 2 is 2.30 bits per heavy atom. The highest BCUT2D eigenvalue weighted by Gasteiger charge is 2.21. The van der Waals surface area contributed by atoms with Crippen LogP contribution in [0.3, 0.4) is 0 Å². The molecule has 0 saturated carbocycles. The lowest BCUT2D eigenvalue weighted by Gasteiger charge is -2.20. The van der Waals surface area contributed by atoms with Gasteiger partial charge < -0.3 is 10.1 Å². The first-order valence-electron chi connectivity index (χ1n) is 6.09. The van der Waals surface area contributed by atoms with Crippen molar-refractivity contribution in [1.82, 2.24) is 5.32 Å². The number of hydrogen-bond donors (Lipinski definition) is 1. The van der Waals surface area contributed by atoms with Crippen molar-refractivity contribution in [3.05, 3.63) is 33.3 Å². The number of para-hydroxylation sites is 1. The van der Waals surface area contributed by atoms with E-state index in [0.717, 1.165) is 0 Å². The molecule has 7 heteroatoms. The van der Waals surface area contributed by atoms with Crippen molar-refractivity contribution < 1.29 is 9.66 Å². The fourth-order valence-electron chi connectivity index (χ4n) is 1.62. The minimum Gasteiger partial charge on any atom is -0.486 e. The highest BCUT2D eigenvalue weighted by Crippen LogP contribution is 2.34. The molecule has 1 atom stereocenters. The van der Waals surface area contributed by atoms with Crippen molar-refractivity contribution in [2.75, 3.05) is 13.7 Å². The standard InChI is InChI=1S/C13H16ClN3O3/c1-13(9-15,16-2)7-4-8-20-12-10(14)5-3-6-11(12)17(18)19/h3,5-6,16H,4,7-8H2,1-2H3. The van der Waals surface area contributed by atoms with Gasteiger partial charge in [0.15, 0.2) is 0 Å². The number of nitriles is 1. The van der Waals surface area contributed by atoms with Gasteiger partial charge in [-0.25, -0.2) is 0 Å². The number of nitro groups is 1. The molecule has 0 saturated heterocycles. The number of nitrogens with one attached hydrogen (secondary N) is 1. The molecular weight excluding hydrogens is 282 g/mol. The van der Waals surface area contributed by atoms with Gasteiger partial charge in [-0.1, -0.05) is 17.7 Å². The Morgan fingerprint density at radius 1 is 1.60 bits per heavy atom. The zero-order valence-electron chi connectivity index (χ0n) is 11.4. The molecule has 0 bridgehead atoms. The zero-order valence-corrected chi connectivity index (χ0v) is 12.1. The summed E-state index contributed by atoms with van der Waals surface area (Å²) in [6.07, 6.45) is 1.14. The minimum absolute atomic E-state index is 0.0716. The van der Waals surface area contributed by atoms with Crippen LogP contribution in [0.5, 0.6) is 5.75 Å². The van der Waals surface area contributed by atoms with E-state index < -0.39 is 10.5 Å². The van der Waals surface area contributed by atoms with Crippen LogP contribution in [-0.4, -0.2) is 24.1 Å². The van der Waals surface area contributed by atoms with Gasteiger partial charge in [0.25, 0.3) is 0 Å². The molecule has 1 rings (SSSR count). The first-order chi connectivity index (χ1) is 9.43. The van der Waals surface area contributed by atoms with Crippen LogP contribution in [0.25, 0.3) is 0 Å². The molecule has 0 aliphatic rings. The third-order valence-electron chi connectivity index (χ3n) is 3.01. The Balaban J connectivity index is 2.64. The van der Waals surface area contributed by atoms with Crippen molar-refractivity contribution in [2.45, 2.75) is 25.3 Å². The van der Waals surface area contributed by atoms with Crippen molar-refractivity contribution in [1.29, 1.82) is 5.26 Å². The lowest BCUT2D eigenvalue weighted by atomic mass is 9.98. The van der Waals surface area contributed by atoms with Crippen LogP contribution in [0, 0.1) is 21.4 Å². The van der Waals surface area contributed by atoms with Gasteiger partial charge in [0.05, 0.1) is 22.6 Å². The summed E-state index contributed by atoms with van der Waals surface area (Å²) in [7, 11) is 1.71. The van der Waals surface area contributed by atoms with Gasteiger partial charge in [0.2, 0.25) is 5.75 Å². The maximum atomic E-state index is 10.9. The molecule has 0 radical (unpaired) electrons. The van der Waals surface area contributed by atoms with E-state index in [-0.39, 0.29) is 23.1 Å². The fourth-order valence-corrected chi connectivity index (χ4v) is 1.84. The minimum atomic E-state index is -0.629. The molecule has 0 spiro atoms. The Morgan fingerprint density at radius 3 is 2.85 bits per heavy atom. The largest absolute Gasteiger partial charge is 0.486 e. The SMILES string of the molecule is CNC(C)(C#N)CCCOc1c(Cl)cccc1[N+](=O)[O-]. The monoisotopic (exact) mass is 297 g/mol. The van der Waals surface area contributed by atoms with E-state index in [0.29, 0.717) is 12.8 Å². The van der Waals surface area contributed by atoms with Crippen LogP contribution in [0.15, 0.2) is 18.2 Å². The van der Waals surface area contributed by atoms with Crippen LogP contribution in [0.1, 0.15) is 19.8 Å². The highest BCUT2D eigenvalue weighted by atomic mass is 35.5. The van der Waals surface area contributed by atoms with Crippen molar-refractivity contribution in [3.63, 3.8) is 0 Å². The van der Waals surface area contributed by atoms with E-state index in [1.807, 2.05) is 0 Å². The molecule has 0 aromatic heterocycles. The third-order valence-corrected chi connectivity index (χ3v) is 3.31. The van der Waals surface area contributed by atoms with Gasteiger partial charge in [-0.3, -0.25) is 10.1 Å². The van der Waals surface area contributed by atoms with Crippen molar-refractivity contribution >= 4 is 17.3 Å². The van der Waals surface area contributed by atoms with E-state index in [9.17, 15) is 10.1 Å². The molecule has 0 heterocycles. The van der Waals surface area contributed by atoms with Crippen LogP contribution in [0.4, 0.5) is 5.69 Å². The third kappa shape index (κ3) is 4.08. The Hall–Kier alpha value is -1.84. The van der Waals surface area contributed by atoms with Crippen LogP contribution in [0.2, 0.25) is 5.02 Å². The van der Waals surface area contributed by atoms with Gasteiger partial charge in [0.1, 0.15) is 5.54 Å². The number of halogens is 1. The molecule has 1 aromatic rings. The summed E-state index contributed by atoms with van der Waals surface area (Å²) in [6, 6.07) is 6.55. The predicted octanol–water partition coefficient (Wildman–Crippen LogP) is 2.91. The molecule has 0 aliphatic carbocycles. The highest BCUT2D eigenvalue weighted by molar-refractivity contribution is 6.32. The van der Waals surface area contributed by atoms with Crippen LogP contribution in [-0.2, 0) is 0 Å². The summed E-state index contributed by atoms with van der Waals surface area (Å²) in [5.41, 5.74) is -0.787. The molecule has 1 aromatic carbocycles. The lowest BCUT2D eigenvalue weighted by molar-refractivity contribution is -0.385. The van der Waals surface area contributed by atoms with Gasteiger partial charge in [-0.05, 0) is 32.9 Å². The Kier molecular flexibility index (Phi) is 5.74. The van der Waals surface area contributed by atoms with E-state index in [2.05, 4.69) is 11.4 Å². The van der Waals surface area contributed by atoms with Crippen LogP contribution < -0.4 is 10.1 Å². The second kappa shape index (κ2) is 7.08. The summed E-state index contributed by atoms with van der Waals surface area (Å²) >= 11 is 5.90. The number of ether oxygens (including phenoxy) is 1. The first-order valence-corrected chi connectivity index (χ1v) is 6.47. The average Bonchev–Trinajstić information content (AvgIpc) is 2.44. The summed E-state index contributed by atoms with van der Waals surface area (Å²) in [5.74, 6) is 0.0716. The zero-order chi connectivity index (χ0) is 15.2. The number of nitrogens with zero attached hydrogens (tertiary/aromatic N) is 2. The van der Waals surface area contributed by atoms with Gasteiger partial charge >= 0.3 is 5.69 Å². The number of benzene rings is 1. The molecule has 0 fully saturated rings. The predicted molar refractivity (Wildman–Crippen MR) is 75.9 cm³/mol. The summed E-state index contributed by atoms with van der Waals surface area (Å²) in [6.45, 7) is 2.04. The molecule has 108 valence electrons. The second-order valence-electron chi connectivity index (χ2n) is 4.49. The maximum absolute atomic E-state index is 10.9. The van der Waals surface area contributed by atoms with Gasteiger partial charge in [-0.2, -0.15) is 5.26 Å². The molecule has 1 unspecified atom stereocenters. The maximum Gasteiger partial charge on any atom is 0.312 e. The lowest BCUT2D eigenvalue weighted by Crippen LogP contribution is -2.38. The smallest absolute Gasteiger partial charge is 0.312 e. The second-order valence-corrected chi connectivity index (χ2v) is 4.90. The molecule has 6 nitrogen and oxygen atoms in total.